The third kappa shape index (κ3) is 4.42. The van der Waals surface area contributed by atoms with Crippen molar-refractivity contribution >= 4 is 67.4 Å². The van der Waals surface area contributed by atoms with Crippen molar-refractivity contribution in [2.24, 2.45) is 0 Å². The number of nitrogens with zero attached hydrogens (tertiary/aromatic N) is 4. The van der Waals surface area contributed by atoms with Crippen LogP contribution < -0.4 is 15.5 Å². The Bertz CT molecular complexity index is 1530. The van der Waals surface area contributed by atoms with Crippen LogP contribution in [-0.4, -0.2) is 52.4 Å². The van der Waals surface area contributed by atoms with Gasteiger partial charge in [0.15, 0.2) is 11.0 Å². The lowest BCUT2D eigenvalue weighted by Crippen LogP contribution is -2.35. The van der Waals surface area contributed by atoms with Crippen molar-refractivity contribution in [3.63, 3.8) is 0 Å². The summed E-state index contributed by atoms with van der Waals surface area (Å²) in [6.45, 7) is 7.98. The highest BCUT2D eigenvalue weighted by atomic mass is 35.5. The lowest BCUT2D eigenvalue weighted by atomic mass is 10.1. The lowest BCUT2D eigenvalue weighted by molar-refractivity contribution is 0.0588. The zero-order chi connectivity index (χ0) is 25.8. The number of rotatable bonds is 2. The number of fused-ring (bicyclic) bond motifs is 5. The van der Waals surface area contributed by atoms with Gasteiger partial charge in [-0.05, 0) is 58.0 Å². The van der Waals surface area contributed by atoms with E-state index in [1.807, 2.05) is 31.2 Å². The van der Waals surface area contributed by atoms with Crippen molar-refractivity contribution in [2.75, 3.05) is 23.8 Å². The van der Waals surface area contributed by atoms with Crippen molar-refractivity contribution in [1.29, 1.82) is 0 Å². The number of carbonyl (C=O) groups is 2. The van der Waals surface area contributed by atoms with Crippen molar-refractivity contribution in [2.45, 2.75) is 39.3 Å². The van der Waals surface area contributed by atoms with E-state index in [0.717, 1.165) is 26.7 Å². The van der Waals surface area contributed by atoms with Gasteiger partial charge in [-0.15, -0.1) is 21.5 Å². The van der Waals surface area contributed by atoms with Crippen LogP contribution in [0.4, 0.5) is 16.3 Å². The number of hydrogen-bond acceptors (Lipinski definition) is 8. The van der Waals surface area contributed by atoms with Gasteiger partial charge in [0.1, 0.15) is 10.5 Å². The van der Waals surface area contributed by atoms with Gasteiger partial charge in [-0.1, -0.05) is 11.6 Å². The van der Waals surface area contributed by atoms with Crippen LogP contribution >= 0.6 is 22.9 Å². The molecule has 0 unspecified atom stereocenters. The summed E-state index contributed by atoms with van der Waals surface area (Å²) >= 11 is 7.64. The summed E-state index contributed by atoms with van der Waals surface area (Å²) < 4.78 is 6.49. The highest BCUT2D eigenvalue weighted by Crippen LogP contribution is 2.41. The van der Waals surface area contributed by atoms with Gasteiger partial charge < -0.3 is 15.4 Å². The Kier molecular flexibility index (Phi) is 5.96. The normalized spacial score (nSPS) is 15.7. The fourth-order valence-electron chi connectivity index (χ4n) is 4.09. The Morgan fingerprint density at radius 1 is 1.22 bits per heavy atom. The fraction of sp³-hybridized carbons (Fsp3) is 0.320. The summed E-state index contributed by atoms with van der Waals surface area (Å²) in [4.78, 5) is 32.3. The zero-order valence-corrected chi connectivity index (χ0v) is 22.0. The van der Waals surface area contributed by atoms with Crippen LogP contribution in [0.2, 0.25) is 5.15 Å². The highest BCUT2D eigenvalue weighted by Gasteiger charge is 2.27. The molecule has 1 atom stereocenters. The second kappa shape index (κ2) is 8.86. The van der Waals surface area contributed by atoms with E-state index in [4.69, 9.17) is 21.3 Å². The summed E-state index contributed by atoms with van der Waals surface area (Å²) in [5, 5.41) is 16.6. The van der Waals surface area contributed by atoms with Crippen molar-refractivity contribution in [3.8, 4) is 11.3 Å². The molecule has 36 heavy (non-hydrogen) atoms. The quantitative estimate of drug-likeness (QED) is 0.357. The maximum Gasteiger partial charge on any atom is 0.415 e. The number of ether oxygens (including phenoxy) is 1. The highest BCUT2D eigenvalue weighted by molar-refractivity contribution is 7.21. The maximum atomic E-state index is 12.7. The summed E-state index contributed by atoms with van der Waals surface area (Å²) in [7, 11) is 1.57. The van der Waals surface area contributed by atoms with E-state index in [2.05, 4.69) is 20.8 Å². The number of amides is 2. The molecule has 1 aliphatic heterocycles. The molecule has 3 aromatic heterocycles. The van der Waals surface area contributed by atoms with Crippen LogP contribution in [0.1, 0.15) is 37.4 Å². The zero-order valence-electron chi connectivity index (χ0n) is 20.5. The van der Waals surface area contributed by atoms with Gasteiger partial charge in [0, 0.05) is 40.7 Å². The molecular weight excluding hydrogens is 500 g/mol. The van der Waals surface area contributed by atoms with Gasteiger partial charge in [0.05, 0.1) is 16.9 Å². The van der Waals surface area contributed by atoms with Gasteiger partial charge in [-0.25, -0.2) is 9.78 Å². The van der Waals surface area contributed by atoms with Crippen molar-refractivity contribution in [1.82, 2.24) is 20.5 Å². The molecule has 4 aromatic rings. The first-order valence-corrected chi connectivity index (χ1v) is 12.6. The van der Waals surface area contributed by atoms with E-state index in [1.54, 1.807) is 33.9 Å². The molecule has 1 aliphatic rings. The Hall–Kier alpha value is -3.50. The van der Waals surface area contributed by atoms with Crippen LogP contribution in [0.3, 0.4) is 0 Å². The monoisotopic (exact) mass is 524 g/mol. The molecular formula is C25H25ClN6O3S. The molecule has 0 spiro atoms. The topological polar surface area (TPSA) is 109 Å². The Morgan fingerprint density at radius 3 is 2.75 bits per heavy atom. The van der Waals surface area contributed by atoms with Crippen LogP contribution in [0.5, 0.6) is 0 Å². The number of carbonyl (C=O) groups excluding carboxylic acids is 2. The number of anilines is 2. The average molecular weight is 525 g/mol. The van der Waals surface area contributed by atoms with Gasteiger partial charge in [-0.3, -0.25) is 9.69 Å². The summed E-state index contributed by atoms with van der Waals surface area (Å²) in [6, 6.07) is 9.36. The molecule has 2 amide bonds. The van der Waals surface area contributed by atoms with Gasteiger partial charge in [-0.2, -0.15) is 0 Å². The molecule has 0 fully saturated rings. The molecule has 186 valence electrons. The molecule has 11 heteroatoms. The Labute approximate surface area is 216 Å². The van der Waals surface area contributed by atoms with E-state index in [-0.39, 0.29) is 22.9 Å². The number of aromatic nitrogens is 3. The minimum absolute atomic E-state index is 0.0242. The number of benzene rings is 1. The van der Waals surface area contributed by atoms with Crippen molar-refractivity contribution < 1.29 is 14.3 Å². The minimum atomic E-state index is -0.667. The molecule has 0 bridgehead atoms. The SMILES string of the molecule is C[C@@H]1CNc2c(sc3ccc4nc(-c5cc(Cl)nnc5N(C)C(=O)OC(C)(C)C)ccc4c23)C(=O)N1. The van der Waals surface area contributed by atoms with E-state index in [1.165, 1.54) is 16.2 Å². The molecule has 1 aromatic carbocycles. The predicted molar refractivity (Wildman–Crippen MR) is 143 cm³/mol. The smallest absolute Gasteiger partial charge is 0.415 e. The van der Waals surface area contributed by atoms with E-state index in [9.17, 15) is 9.59 Å². The summed E-state index contributed by atoms with van der Waals surface area (Å²) in [6.07, 6.45) is -0.567. The van der Waals surface area contributed by atoms with Gasteiger partial charge in [0.2, 0.25) is 0 Å². The van der Waals surface area contributed by atoms with Crippen LogP contribution in [0, 0.1) is 0 Å². The first-order valence-electron chi connectivity index (χ1n) is 11.4. The van der Waals surface area contributed by atoms with Crippen LogP contribution in [0.25, 0.3) is 32.2 Å². The van der Waals surface area contributed by atoms with Gasteiger partial charge in [0.25, 0.3) is 5.91 Å². The molecule has 0 radical (unpaired) electrons. The Morgan fingerprint density at radius 2 is 2.00 bits per heavy atom. The number of halogens is 1. The first kappa shape index (κ1) is 24.2. The third-order valence-electron chi connectivity index (χ3n) is 5.70. The summed E-state index contributed by atoms with van der Waals surface area (Å²) in [5.74, 6) is 0.201. The standard InChI is InChI=1S/C25H25ClN6O3S/c1-12-11-27-20-19-13-6-7-16(29-15(13)8-9-17(19)36-21(20)23(33)28-12)14-10-18(26)30-31-22(14)32(5)24(34)35-25(2,3)4/h6-10,12,27H,11H2,1-5H3,(H,28,33)/t12-/m1/s1. The molecule has 9 nitrogen and oxygen atoms in total. The number of hydrogen-bond donors (Lipinski definition) is 2. The predicted octanol–water partition coefficient (Wildman–Crippen LogP) is 5.48. The molecule has 0 saturated heterocycles. The lowest BCUT2D eigenvalue weighted by Gasteiger charge is -2.25. The minimum Gasteiger partial charge on any atom is -0.443 e. The molecule has 0 saturated carbocycles. The van der Waals surface area contributed by atoms with E-state index < -0.39 is 11.7 Å². The van der Waals surface area contributed by atoms with E-state index >= 15 is 0 Å². The van der Waals surface area contributed by atoms with Crippen LogP contribution in [-0.2, 0) is 4.74 Å². The molecule has 4 heterocycles. The first-order chi connectivity index (χ1) is 17.0. The second-order valence-electron chi connectivity index (χ2n) is 9.71. The second-order valence-corrected chi connectivity index (χ2v) is 11.1. The molecule has 2 N–H and O–H groups in total. The fourth-order valence-corrected chi connectivity index (χ4v) is 5.34. The number of thiophene rings is 1. The third-order valence-corrected chi connectivity index (χ3v) is 7.03. The Balaban J connectivity index is 1.62. The largest absolute Gasteiger partial charge is 0.443 e. The van der Waals surface area contributed by atoms with E-state index in [0.29, 0.717) is 22.7 Å². The average Bonchev–Trinajstić information content (AvgIpc) is 3.13. The van der Waals surface area contributed by atoms with Gasteiger partial charge >= 0.3 is 6.09 Å². The summed E-state index contributed by atoms with van der Waals surface area (Å²) in [5.41, 5.74) is 2.01. The number of nitrogens with one attached hydrogen (secondary N) is 2. The van der Waals surface area contributed by atoms with Crippen molar-refractivity contribution in [3.05, 3.63) is 40.4 Å². The maximum absolute atomic E-state index is 12.7. The molecule has 0 aliphatic carbocycles. The van der Waals surface area contributed by atoms with Crippen LogP contribution in [0.15, 0.2) is 30.3 Å². The number of pyridine rings is 1. The molecule has 5 rings (SSSR count).